The molecule has 1 rings (SSSR count). The highest BCUT2D eigenvalue weighted by molar-refractivity contribution is 5.48. The zero-order chi connectivity index (χ0) is 15.2. The van der Waals surface area contributed by atoms with E-state index in [4.69, 9.17) is 4.74 Å². The number of nitrogens with one attached hydrogen (secondary N) is 1. The first-order chi connectivity index (χ1) is 9.35. The number of aryl methyl sites for hydroxylation is 1. The van der Waals surface area contributed by atoms with E-state index in [1.54, 1.807) is 19.1 Å². The molecular formula is C14H22N2O4. The average molecular weight is 282 g/mol. The van der Waals surface area contributed by atoms with Gasteiger partial charge in [0, 0.05) is 12.6 Å². The van der Waals surface area contributed by atoms with Gasteiger partial charge in [0.1, 0.15) is 12.2 Å². The number of hydrogen-bond acceptors (Lipinski definition) is 5. The molecule has 1 unspecified atom stereocenters. The maximum atomic E-state index is 10.9. The molecule has 6 nitrogen and oxygen atoms in total. The lowest BCUT2D eigenvalue weighted by atomic mass is 10.1. The van der Waals surface area contributed by atoms with E-state index in [-0.39, 0.29) is 18.0 Å². The number of benzene rings is 1. The van der Waals surface area contributed by atoms with E-state index >= 15 is 0 Å². The van der Waals surface area contributed by atoms with Crippen LogP contribution < -0.4 is 10.1 Å². The Morgan fingerprint density at radius 3 is 2.80 bits per heavy atom. The highest BCUT2D eigenvalue weighted by atomic mass is 16.6. The summed E-state index contributed by atoms with van der Waals surface area (Å²) in [5, 5.41) is 24.2. The predicted molar refractivity (Wildman–Crippen MR) is 77.1 cm³/mol. The van der Waals surface area contributed by atoms with Crippen LogP contribution in [0.15, 0.2) is 18.2 Å². The van der Waals surface area contributed by atoms with Gasteiger partial charge in [-0.25, -0.2) is 0 Å². The summed E-state index contributed by atoms with van der Waals surface area (Å²) in [5.41, 5.74) is -0.297. The van der Waals surface area contributed by atoms with Gasteiger partial charge in [-0.15, -0.1) is 0 Å². The van der Waals surface area contributed by atoms with Crippen molar-refractivity contribution in [3.05, 3.63) is 33.9 Å². The first-order valence-corrected chi connectivity index (χ1v) is 6.66. The minimum absolute atomic E-state index is 0.00594. The van der Waals surface area contributed by atoms with Gasteiger partial charge in [-0.3, -0.25) is 10.1 Å². The third-order valence-corrected chi connectivity index (χ3v) is 2.78. The molecule has 1 aromatic carbocycles. The van der Waals surface area contributed by atoms with E-state index in [0.717, 1.165) is 18.5 Å². The molecule has 0 aliphatic carbocycles. The second-order valence-electron chi connectivity index (χ2n) is 5.19. The van der Waals surface area contributed by atoms with E-state index in [1.165, 1.54) is 6.07 Å². The van der Waals surface area contributed by atoms with Gasteiger partial charge in [0.25, 0.3) is 0 Å². The third kappa shape index (κ3) is 5.14. The Balaban J connectivity index is 2.68. The summed E-state index contributed by atoms with van der Waals surface area (Å²) >= 11 is 0. The Hall–Kier alpha value is -1.66. The summed E-state index contributed by atoms with van der Waals surface area (Å²) in [6.45, 7) is 6.68. The second kappa shape index (κ2) is 7.21. The molecule has 20 heavy (non-hydrogen) atoms. The summed E-state index contributed by atoms with van der Waals surface area (Å²) in [6, 6.07) is 4.67. The number of nitro benzene ring substituents is 1. The molecule has 0 aromatic heterocycles. The zero-order valence-corrected chi connectivity index (χ0v) is 12.2. The number of ether oxygens (including phenoxy) is 1. The number of hydrogen-bond donors (Lipinski definition) is 2. The van der Waals surface area contributed by atoms with Crippen LogP contribution in [0.2, 0.25) is 0 Å². The standard InChI is InChI=1S/C14H22N2O4/c1-4-7-15-9-14(3,17)10-20-13-8-11(2)5-6-12(13)16(18)19/h5-6,8,15,17H,4,7,9-10H2,1-3H3. The SMILES string of the molecule is CCCNCC(C)(O)COc1cc(C)ccc1[N+](=O)[O-]. The molecule has 0 spiro atoms. The fourth-order valence-corrected chi connectivity index (χ4v) is 1.71. The summed E-state index contributed by atoms with van der Waals surface area (Å²) in [4.78, 5) is 10.4. The van der Waals surface area contributed by atoms with Gasteiger partial charge in [-0.1, -0.05) is 13.0 Å². The predicted octanol–water partition coefficient (Wildman–Crippen LogP) is 2.03. The maximum absolute atomic E-state index is 10.9. The normalized spacial score (nSPS) is 13.8. The van der Waals surface area contributed by atoms with Crippen molar-refractivity contribution >= 4 is 5.69 Å². The highest BCUT2D eigenvalue weighted by Crippen LogP contribution is 2.28. The van der Waals surface area contributed by atoms with E-state index in [0.29, 0.717) is 6.54 Å². The van der Waals surface area contributed by atoms with Crippen LogP contribution in [-0.4, -0.2) is 35.3 Å². The summed E-state index contributed by atoms with van der Waals surface area (Å²) in [5.74, 6) is 0.186. The lowest BCUT2D eigenvalue weighted by molar-refractivity contribution is -0.386. The summed E-state index contributed by atoms with van der Waals surface area (Å²) in [6.07, 6.45) is 0.973. The lowest BCUT2D eigenvalue weighted by Gasteiger charge is -2.23. The second-order valence-corrected chi connectivity index (χ2v) is 5.19. The molecule has 0 saturated carbocycles. The number of nitrogens with zero attached hydrogens (tertiary/aromatic N) is 1. The van der Waals surface area contributed by atoms with Crippen LogP contribution in [0.3, 0.4) is 0 Å². The van der Waals surface area contributed by atoms with Crippen molar-refractivity contribution in [3.8, 4) is 5.75 Å². The molecule has 0 fully saturated rings. The van der Waals surface area contributed by atoms with Crippen molar-refractivity contribution in [1.29, 1.82) is 0 Å². The van der Waals surface area contributed by atoms with Crippen LogP contribution in [0.5, 0.6) is 5.75 Å². The largest absolute Gasteiger partial charge is 0.484 e. The minimum atomic E-state index is -1.08. The van der Waals surface area contributed by atoms with E-state index < -0.39 is 10.5 Å². The molecule has 0 bridgehead atoms. The Kier molecular flexibility index (Phi) is 5.91. The molecule has 0 heterocycles. The first kappa shape index (κ1) is 16.4. The number of nitro groups is 1. The van der Waals surface area contributed by atoms with Crippen molar-refractivity contribution in [2.24, 2.45) is 0 Å². The molecule has 1 atom stereocenters. The minimum Gasteiger partial charge on any atom is -0.484 e. The smallest absolute Gasteiger partial charge is 0.310 e. The monoisotopic (exact) mass is 282 g/mol. The molecule has 0 saturated heterocycles. The van der Waals surface area contributed by atoms with Crippen molar-refractivity contribution in [1.82, 2.24) is 5.32 Å². The summed E-state index contributed by atoms with van der Waals surface area (Å²) < 4.78 is 5.44. The maximum Gasteiger partial charge on any atom is 0.310 e. The van der Waals surface area contributed by atoms with Gasteiger partial charge in [0.15, 0.2) is 5.75 Å². The third-order valence-electron chi connectivity index (χ3n) is 2.78. The molecule has 0 aliphatic heterocycles. The fourth-order valence-electron chi connectivity index (χ4n) is 1.71. The first-order valence-electron chi connectivity index (χ1n) is 6.66. The zero-order valence-electron chi connectivity index (χ0n) is 12.2. The Labute approximate surface area is 118 Å². The van der Waals surface area contributed by atoms with Crippen molar-refractivity contribution in [2.75, 3.05) is 19.7 Å². The van der Waals surface area contributed by atoms with Crippen molar-refractivity contribution in [2.45, 2.75) is 32.8 Å². The number of aliphatic hydroxyl groups is 1. The van der Waals surface area contributed by atoms with E-state index in [9.17, 15) is 15.2 Å². The van der Waals surface area contributed by atoms with Crippen molar-refractivity contribution in [3.63, 3.8) is 0 Å². The molecule has 0 aliphatic rings. The van der Waals surface area contributed by atoms with Gasteiger partial charge in [0.05, 0.1) is 4.92 Å². The Bertz CT molecular complexity index is 460. The fraction of sp³-hybridized carbons (Fsp3) is 0.571. The average Bonchev–Trinajstić information content (AvgIpc) is 2.36. The summed E-state index contributed by atoms with van der Waals surface area (Å²) in [7, 11) is 0. The van der Waals surface area contributed by atoms with Gasteiger partial charge >= 0.3 is 5.69 Å². The molecule has 6 heteroatoms. The van der Waals surface area contributed by atoms with Crippen LogP contribution in [0.25, 0.3) is 0 Å². The Morgan fingerprint density at radius 1 is 1.50 bits per heavy atom. The molecule has 1 aromatic rings. The highest BCUT2D eigenvalue weighted by Gasteiger charge is 2.23. The van der Waals surface area contributed by atoms with Crippen molar-refractivity contribution < 1.29 is 14.8 Å². The van der Waals surface area contributed by atoms with Crippen LogP contribution in [0, 0.1) is 17.0 Å². The molecule has 0 amide bonds. The van der Waals surface area contributed by atoms with Crippen LogP contribution in [0.4, 0.5) is 5.69 Å². The van der Waals surface area contributed by atoms with Crippen LogP contribution in [-0.2, 0) is 0 Å². The quantitative estimate of drug-likeness (QED) is 0.433. The van der Waals surface area contributed by atoms with E-state index in [2.05, 4.69) is 5.32 Å². The molecular weight excluding hydrogens is 260 g/mol. The van der Waals surface area contributed by atoms with E-state index in [1.807, 2.05) is 13.8 Å². The molecule has 2 N–H and O–H groups in total. The molecule has 112 valence electrons. The van der Waals surface area contributed by atoms with Crippen LogP contribution in [0.1, 0.15) is 25.8 Å². The van der Waals surface area contributed by atoms with Gasteiger partial charge < -0.3 is 15.2 Å². The van der Waals surface area contributed by atoms with Gasteiger partial charge in [-0.05, 0) is 38.4 Å². The van der Waals surface area contributed by atoms with Crippen LogP contribution >= 0.6 is 0 Å². The van der Waals surface area contributed by atoms with Gasteiger partial charge in [0.2, 0.25) is 0 Å². The van der Waals surface area contributed by atoms with Gasteiger partial charge in [-0.2, -0.15) is 0 Å². The lowest BCUT2D eigenvalue weighted by Crippen LogP contribution is -2.43. The molecule has 0 radical (unpaired) electrons. The number of rotatable bonds is 8. The topological polar surface area (TPSA) is 84.6 Å². The Morgan fingerprint density at radius 2 is 2.20 bits per heavy atom.